The molecule has 0 spiro atoms. The molecule has 142 valence electrons. The number of rotatable bonds is 4. The Labute approximate surface area is 154 Å². The molecule has 1 aliphatic carbocycles. The zero-order valence-electron chi connectivity index (χ0n) is 17.1. The van der Waals surface area contributed by atoms with E-state index in [2.05, 4.69) is 50.5 Å². The second-order valence-electron chi connectivity index (χ2n) is 9.84. The van der Waals surface area contributed by atoms with Crippen molar-refractivity contribution in [2.45, 2.75) is 60.3 Å². The van der Waals surface area contributed by atoms with Crippen LogP contribution < -0.4 is 0 Å². The van der Waals surface area contributed by atoms with Crippen LogP contribution in [-0.2, 0) is 4.79 Å². The summed E-state index contributed by atoms with van der Waals surface area (Å²) in [5, 5.41) is 0. The molecule has 2 aliphatic heterocycles. The number of nitrogens with zero attached hydrogens (tertiary/aromatic N) is 2. The Morgan fingerprint density at radius 2 is 1.80 bits per heavy atom. The molecule has 0 unspecified atom stereocenters. The number of carbonyl (C=O) groups excluding carboxylic acids is 1. The summed E-state index contributed by atoms with van der Waals surface area (Å²) in [5.74, 6) is 2.63. The highest BCUT2D eigenvalue weighted by atomic mass is 16.2. The summed E-state index contributed by atoms with van der Waals surface area (Å²) >= 11 is 0. The third-order valence-electron chi connectivity index (χ3n) is 6.91. The highest BCUT2D eigenvalue weighted by molar-refractivity contribution is 5.84. The van der Waals surface area contributed by atoms with Gasteiger partial charge in [-0.25, -0.2) is 0 Å². The Bertz CT molecular complexity index is 512. The number of amides is 1. The van der Waals surface area contributed by atoms with Crippen molar-refractivity contribution in [3.8, 4) is 0 Å². The Kier molecular flexibility index (Phi) is 5.63. The molecule has 0 N–H and O–H groups in total. The second kappa shape index (κ2) is 7.42. The Morgan fingerprint density at radius 3 is 2.44 bits per heavy atom. The molecule has 0 aromatic carbocycles. The van der Waals surface area contributed by atoms with Crippen LogP contribution in [-0.4, -0.2) is 48.4 Å². The molecule has 0 bridgehead atoms. The average Bonchev–Trinajstić information content (AvgIpc) is 3.09. The van der Waals surface area contributed by atoms with Gasteiger partial charge in [0.2, 0.25) is 5.91 Å². The quantitative estimate of drug-likeness (QED) is 0.713. The number of likely N-dealkylation sites (tertiary alicyclic amines) is 2. The second-order valence-corrected chi connectivity index (χ2v) is 9.84. The van der Waals surface area contributed by atoms with E-state index in [0.29, 0.717) is 17.7 Å². The van der Waals surface area contributed by atoms with Crippen molar-refractivity contribution in [2.24, 2.45) is 29.1 Å². The molecular weight excluding hydrogens is 308 g/mol. The Hall–Kier alpha value is -0.830. The molecule has 1 saturated carbocycles. The van der Waals surface area contributed by atoms with E-state index in [0.717, 1.165) is 19.0 Å². The van der Waals surface area contributed by atoms with Crippen molar-refractivity contribution in [2.75, 3.05) is 32.7 Å². The van der Waals surface area contributed by atoms with E-state index in [9.17, 15) is 4.79 Å². The first-order chi connectivity index (χ1) is 11.8. The van der Waals surface area contributed by atoms with Crippen molar-refractivity contribution in [3.05, 3.63) is 11.6 Å². The van der Waals surface area contributed by atoms with Gasteiger partial charge in [0.05, 0.1) is 5.92 Å². The van der Waals surface area contributed by atoms with Crippen LogP contribution in [0.1, 0.15) is 60.3 Å². The minimum atomic E-state index is 0.143. The third kappa shape index (κ3) is 4.30. The first-order valence-corrected chi connectivity index (χ1v) is 10.4. The largest absolute Gasteiger partial charge is 0.342 e. The molecule has 25 heavy (non-hydrogen) atoms. The van der Waals surface area contributed by atoms with Crippen LogP contribution in [0, 0.1) is 29.1 Å². The fourth-order valence-electron chi connectivity index (χ4n) is 5.04. The van der Waals surface area contributed by atoms with Crippen LogP contribution in [0.15, 0.2) is 11.6 Å². The summed E-state index contributed by atoms with van der Waals surface area (Å²) < 4.78 is 0. The lowest BCUT2D eigenvalue weighted by molar-refractivity contribution is -0.135. The van der Waals surface area contributed by atoms with Gasteiger partial charge in [0.15, 0.2) is 0 Å². The maximum absolute atomic E-state index is 13.1. The first-order valence-electron chi connectivity index (χ1n) is 10.4. The van der Waals surface area contributed by atoms with Gasteiger partial charge in [-0.1, -0.05) is 32.4 Å². The van der Waals surface area contributed by atoms with E-state index < -0.39 is 0 Å². The van der Waals surface area contributed by atoms with Crippen molar-refractivity contribution in [1.29, 1.82) is 0 Å². The van der Waals surface area contributed by atoms with Crippen LogP contribution in [0.2, 0.25) is 0 Å². The zero-order valence-corrected chi connectivity index (χ0v) is 17.1. The molecular formula is C22H38N2O. The van der Waals surface area contributed by atoms with E-state index in [4.69, 9.17) is 0 Å². The molecule has 0 aromatic rings. The summed E-state index contributed by atoms with van der Waals surface area (Å²) in [6.45, 7) is 16.8. The topological polar surface area (TPSA) is 23.6 Å². The molecule has 2 saturated heterocycles. The molecule has 0 radical (unpaired) electrons. The summed E-state index contributed by atoms with van der Waals surface area (Å²) in [6.07, 6.45) is 7.48. The van der Waals surface area contributed by atoms with E-state index in [1.54, 1.807) is 0 Å². The molecule has 3 nitrogen and oxygen atoms in total. The molecule has 1 amide bonds. The molecule has 3 heteroatoms. The number of carbonyl (C=O) groups is 1. The lowest BCUT2D eigenvalue weighted by Gasteiger charge is -2.38. The molecule has 2 heterocycles. The summed E-state index contributed by atoms with van der Waals surface area (Å²) in [7, 11) is 0. The maximum atomic E-state index is 13.1. The van der Waals surface area contributed by atoms with Gasteiger partial charge in [-0.05, 0) is 75.8 Å². The van der Waals surface area contributed by atoms with Crippen molar-refractivity contribution in [3.63, 3.8) is 0 Å². The number of hydrogen-bond donors (Lipinski definition) is 0. The fraction of sp³-hybridized carbons (Fsp3) is 0.864. The Balaban J connectivity index is 1.54. The van der Waals surface area contributed by atoms with Gasteiger partial charge < -0.3 is 9.80 Å². The molecule has 3 aliphatic rings. The van der Waals surface area contributed by atoms with Crippen LogP contribution >= 0.6 is 0 Å². The summed E-state index contributed by atoms with van der Waals surface area (Å²) in [4.78, 5) is 18.0. The van der Waals surface area contributed by atoms with Crippen LogP contribution in [0.3, 0.4) is 0 Å². The number of hydrogen-bond acceptors (Lipinski definition) is 2. The normalized spacial score (nSPS) is 33.2. The molecule has 0 aromatic heterocycles. The maximum Gasteiger partial charge on any atom is 0.226 e. The van der Waals surface area contributed by atoms with Gasteiger partial charge in [0.25, 0.3) is 0 Å². The van der Waals surface area contributed by atoms with Crippen molar-refractivity contribution in [1.82, 2.24) is 9.80 Å². The standard InChI is InChI=1S/C22H38N2O/c1-16(2)13-19-20(22(19,4)5)21(25)24-10-6-7-18(15-24)14-23-11-8-17(3)9-12-23/h13,17-20H,6-12,14-15H2,1-5H3/t18-,19+,20+/m0/s1. The van der Waals surface area contributed by atoms with Crippen molar-refractivity contribution >= 4 is 5.91 Å². The highest BCUT2D eigenvalue weighted by Crippen LogP contribution is 2.60. The third-order valence-corrected chi connectivity index (χ3v) is 6.91. The zero-order chi connectivity index (χ0) is 18.2. The highest BCUT2D eigenvalue weighted by Gasteiger charge is 2.61. The summed E-state index contributed by atoms with van der Waals surface area (Å²) in [6, 6.07) is 0. The van der Waals surface area contributed by atoms with Crippen molar-refractivity contribution < 1.29 is 4.79 Å². The minimum absolute atomic E-state index is 0.143. The molecule has 3 atom stereocenters. The fourth-order valence-corrected chi connectivity index (χ4v) is 5.04. The Morgan fingerprint density at radius 1 is 1.12 bits per heavy atom. The SMILES string of the molecule is CC(C)=C[C@@H]1[C@H](C(=O)N2CCC[C@@H](CN3CCC(C)CC3)C2)C1(C)C. The predicted molar refractivity (Wildman–Crippen MR) is 104 cm³/mol. The molecule has 3 rings (SSSR count). The predicted octanol–water partition coefficient (Wildman–Crippen LogP) is 4.20. The van der Waals surface area contributed by atoms with Gasteiger partial charge in [0, 0.05) is 19.6 Å². The lowest BCUT2D eigenvalue weighted by atomic mass is 9.94. The summed E-state index contributed by atoms with van der Waals surface area (Å²) in [5.41, 5.74) is 1.48. The lowest BCUT2D eigenvalue weighted by Crippen LogP contribution is -2.46. The van der Waals surface area contributed by atoms with Gasteiger partial charge in [-0.2, -0.15) is 0 Å². The molecule has 3 fully saturated rings. The van der Waals surface area contributed by atoms with Gasteiger partial charge in [0.1, 0.15) is 0 Å². The monoisotopic (exact) mass is 346 g/mol. The van der Waals surface area contributed by atoms with Crippen LogP contribution in [0.5, 0.6) is 0 Å². The van der Waals surface area contributed by atoms with E-state index in [-0.39, 0.29) is 11.3 Å². The number of allylic oxidation sites excluding steroid dienone is 2. The van der Waals surface area contributed by atoms with E-state index in [1.165, 1.54) is 50.9 Å². The van der Waals surface area contributed by atoms with E-state index >= 15 is 0 Å². The van der Waals surface area contributed by atoms with Gasteiger partial charge >= 0.3 is 0 Å². The minimum Gasteiger partial charge on any atom is -0.342 e. The van der Waals surface area contributed by atoms with E-state index in [1.807, 2.05) is 0 Å². The van der Waals surface area contributed by atoms with Gasteiger partial charge in [-0.3, -0.25) is 4.79 Å². The average molecular weight is 347 g/mol. The first kappa shape index (κ1) is 18.9. The smallest absolute Gasteiger partial charge is 0.226 e. The van der Waals surface area contributed by atoms with Crippen LogP contribution in [0.4, 0.5) is 0 Å². The number of piperidine rings is 2. The van der Waals surface area contributed by atoms with Crippen LogP contribution in [0.25, 0.3) is 0 Å². The van der Waals surface area contributed by atoms with Gasteiger partial charge in [-0.15, -0.1) is 0 Å².